The van der Waals surface area contributed by atoms with Gasteiger partial charge in [-0.25, -0.2) is 0 Å². The Bertz CT molecular complexity index is 448. The molecular formula is C9H10N2O3. The summed E-state index contributed by atoms with van der Waals surface area (Å²) in [5.74, 6) is 0. The maximum atomic E-state index is 11.2. The second-order valence-corrected chi connectivity index (χ2v) is 3.15. The molecule has 0 spiro atoms. The predicted molar refractivity (Wildman–Crippen MR) is 50.1 cm³/mol. The van der Waals surface area contributed by atoms with Gasteiger partial charge in [-0.1, -0.05) is 0 Å². The van der Waals surface area contributed by atoms with Gasteiger partial charge in [0.1, 0.15) is 6.61 Å². The van der Waals surface area contributed by atoms with E-state index in [2.05, 4.69) is 4.98 Å². The van der Waals surface area contributed by atoms with E-state index in [0.29, 0.717) is 5.56 Å². The molecule has 0 bridgehead atoms. The molecule has 0 radical (unpaired) electrons. The first-order chi connectivity index (χ1) is 6.70. The smallest absolute Gasteiger partial charge is 0.304 e. The van der Waals surface area contributed by atoms with E-state index >= 15 is 0 Å². The van der Waals surface area contributed by atoms with Crippen molar-refractivity contribution in [1.82, 2.24) is 9.55 Å². The van der Waals surface area contributed by atoms with E-state index in [9.17, 15) is 4.79 Å². The standard InChI is InChI=1S/C9H10N2O3/c1-6-2-11-3-7(4-12)5-14-9(11)10-8(6)13/h2-3,12H,4-5H2,1H3. The second-order valence-electron chi connectivity index (χ2n) is 3.15. The van der Waals surface area contributed by atoms with E-state index in [0.717, 1.165) is 5.57 Å². The lowest BCUT2D eigenvalue weighted by Gasteiger charge is -2.17. The summed E-state index contributed by atoms with van der Waals surface area (Å²) >= 11 is 0. The third-order valence-electron chi connectivity index (χ3n) is 2.00. The molecule has 1 aliphatic heterocycles. The van der Waals surface area contributed by atoms with E-state index in [-0.39, 0.29) is 24.8 Å². The van der Waals surface area contributed by atoms with Crippen LogP contribution in [0.25, 0.3) is 6.20 Å². The van der Waals surface area contributed by atoms with E-state index in [1.54, 1.807) is 23.9 Å². The Labute approximate surface area is 80.3 Å². The molecule has 5 heteroatoms. The molecule has 2 rings (SSSR count). The van der Waals surface area contributed by atoms with Crippen LogP contribution in [0.2, 0.25) is 0 Å². The van der Waals surface area contributed by atoms with Gasteiger partial charge >= 0.3 is 6.01 Å². The molecule has 0 aliphatic carbocycles. The Balaban J connectivity index is 2.54. The maximum Gasteiger partial charge on any atom is 0.304 e. The van der Waals surface area contributed by atoms with Crippen molar-refractivity contribution in [3.8, 4) is 6.01 Å². The maximum absolute atomic E-state index is 11.2. The molecule has 0 unspecified atom stereocenters. The lowest BCUT2D eigenvalue weighted by atomic mass is 10.3. The van der Waals surface area contributed by atoms with Gasteiger partial charge in [0.25, 0.3) is 5.56 Å². The highest BCUT2D eigenvalue weighted by molar-refractivity contribution is 5.38. The largest absolute Gasteiger partial charge is 0.460 e. The lowest BCUT2D eigenvalue weighted by Crippen LogP contribution is -2.21. The molecule has 0 aromatic carbocycles. The molecule has 0 saturated carbocycles. The summed E-state index contributed by atoms with van der Waals surface area (Å²) in [4.78, 5) is 14.9. The van der Waals surface area contributed by atoms with E-state index in [1.165, 1.54) is 0 Å². The van der Waals surface area contributed by atoms with Gasteiger partial charge < -0.3 is 9.84 Å². The average molecular weight is 194 g/mol. The summed E-state index contributed by atoms with van der Waals surface area (Å²) in [5.41, 5.74) is 1.02. The molecule has 5 nitrogen and oxygen atoms in total. The van der Waals surface area contributed by atoms with Gasteiger partial charge in [-0.3, -0.25) is 9.36 Å². The van der Waals surface area contributed by atoms with Crippen LogP contribution < -0.4 is 10.3 Å². The molecule has 0 saturated heterocycles. The average Bonchev–Trinajstić information content (AvgIpc) is 2.19. The quantitative estimate of drug-likeness (QED) is 0.671. The summed E-state index contributed by atoms with van der Waals surface area (Å²) < 4.78 is 6.79. The fourth-order valence-corrected chi connectivity index (χ4v) is 1.23. The highest BCUT2D eigenvalue weighted by Gasteiger charge is 2.12. The normalized spacial score (nSPS) is 14.3. The van der Waals surface area contributed by atoms with E-state index in [4.69, 9.17) is 9.84 Å². The van der Waals surface area contributed by atoms with Gasteiger partial charge in [0.2, 0.25) is 0 Å². The van der Waals surface area contributed by atoms with Crippen LogP contribution in [0.15, 0.2) is 16.6 Å². The molecule has 1 aromatic rings. The number of hydrogen-bond donors (Lipinski definition) is 1. The molecule has 14 heavy (non-hydrogen) atoms. The first-order valence-electron chi connectivity index (χ1n) is 4.23. The topological polar surface area (TPSA) is 64.4 Å². The molecule has 2 heterocycles. The van der Waals surface area contributed by atoms with Crippen LogP contribution in [0.4, 0.5) is 0 Å². The first-order valence-corrected chi connectivity index (χ1v) is 4.23. The summed E-state index contributed by atoms with van der Waals surface area (Å²) in [5, 5.41) is 8.90. The fraction of sp³-hybridized carbons (Fsp3) is 0.333. The number of hydrogen-bond acceptors (Lipinski definition) is 4. The number of ether oxygens (including phenoxy) is 1. The molecule has 1 aliphatic rings. The molecule has 0 fully saturated rings. The second kappa shape index (κ2) is 3.26. The number of fused-ring (bicyclic) bond motifs is 1. The lowest BCUT2D eigenvalue weighted by molar-refractivity contribution is 0.264. The van der Waals surface area contributed by atoms with Crippen molar-refractivity contribution >= 4 is 6.20 Å². The van der Waals surface area contributed by atoms with Crippen LogP contribution in [-0.2, 0) is 0 Å². The monoisotopic (exact) mass is 194 g/mol. The van der Waals surface area contributed by atoms with Gasteiger partial charge in [-0.15, -0.1) is 0 Å². The van der Waals surface area contributed by atoms with Crippen LogP contribution in [0.1, 0.15) is 5.56 Å². The van der Waals surface area contributed by atoms with Crippen LogP contribution in [-0.4, -0.2) is 27.9 Å². The minimum absolute atomic E-state index is 0.0510. The van der Waals surface area contributed by atoms with Crippen LogP contribution in [0.3, 0.4) is 0 Å². The minimum Gasteiger partial charge on any atom is -0.460 e. The number of aliphatic hydroxyl groups excluding tert-OH is 1. The molecule has 1 N–H and O–H groups in total. The molecule has 74 valence electrons. The van der Waals surface area contributed by atoms with Crippen molar-refractivity contribution in [3.05, 3.63) is 27.7 Å². The Hall–Kier alpha value is -1.62. The van der Waals surface area contributed by atoms with Crippen molar-refractivity contribution in [2.75, 3.05) is 13.2 Å². The van der Waals surface area contributed by atoms with E-state index in [1.807, 2.05) is 0 Å². The van der Waals surface area contributed by atoms with Gasteiger partial charge in [0, 0.05) is 23.5 Å². The zero-order chi connectivity index (χ0) is 10.1. The number of nitrogens with zero attached hydrogens (tertiary/aromatic N) is 2. The van der Waals surface area contributed by atoms with Gasteiger partial charge in [0.05, 0.1) is 6.61 Å². The number of aliphatic hydroxyl groups is 1. The SMILES string of the molecule is Cc1cn2c(nc1=O)OCC(CO)=C2. The zero-order valence-electron chi connectivity index (χ0n) is 7.73. The Kier molecular flexibility index (Phi) is 2.09. The van der Waals surface area contributed by atoms with Crippen molar-refractivity contribution in [2.45, 2.75) is 6.92 Å². The third-order valence-corrected chi connectivity index (χ3v) is 2.00. The summed E-state index contributed by atoms with van der Waals surface area (Å²) in [6.07, 6.45) is 3.36. The van der Waals surface area contributed by atoms with Crippen molar-refractivity contribution in [3.63, 3.8) is 0 Å². The first kappa shape index (κ1) is 8.96. The molecular weight excluding hydrogens is 184 g/mol. The summed E-state index contributed by atoms with van der Waals surface area (Å²) in [6, 6.07) is 0.276. The van der Waals surface area contributed by atoms with Crippen LogP contribution >= 0.6 is 0 Å². The van der Waals surface area contributed by atoms with E-state index < -0.39 is 0 Å². The fourth-order valence-electron chi connectivity index (χ4n) is 1.23. The van der Waals surface area contributed by atoms with Crippen molar-refractivity contribution in [1.29, 1.82) is 0 Å². The molecule has 0 atom stereocenters. The number of rotatable bonds is 1. The van der Waals surface area contributed by atoms with Gasteiger partial charge in [0.15, 0.2) is 0 Å². The Morgan fingerprint density at radius 3 is 3.21 bits per heavy atom. The van der Waals surface area contributed by atoms with Crippen molar-refractivity contribution in [2.24, 2.45) is 0 Å². The Morgan fingerprint density at radius 1 is 1.71 bits per heavy atom. The molecule has 1 aromatic heterocycles. The highest BCUT2D eigenvalue weighted by atomic mass is 16.5. The van der Waals surface area contributed by atoms with Crippen LogP contribution in [0, 0.1) is 6.92 Å². The summed E-state index contributed by atoms with van der Waals surface area (Å²) in [6.45, 7) is 1.92. The van der Waals surface area contributed by atoms with Gasteiger partial charge in [-0.05, 0) is 6.92 Å². The highest BCUT2D eigenvalue weighted by Crippen LogP contribution is 2.14. The van der Waals surface area contributed by atoms with Crippen molar-refractivity contribution < 1.29 is 9.84 Å². The molecule has 0 amide bonds. The van der Waals surface area contributed by atoms with Gasteiger partial charge in [-0.2, -0.15) is 4.98 Å². The summed E-state index contributed by atoms with van der Waals surface area (Å²) in [7, 11) is 0. The van der Waals surface area contributed by atoms with Crippen LogP contribution in [0.5, 0.6) is 6.01 Å². The zero-order valence-corrected chi connectivity index (χ0v) is 7.73. The Morgan fingerprint density at radius 2 is 2.50 bits per heavy atom. The predicted octanol–water partition coefficient (Wildman–Crippen LogP) is -0.223. The number of aromatic nitrogens is 2. The third kappa shape index (κ3) is 1.42. The number of aryl methyl sites for hydroxylation is 1. The minimum atomic E-state index is -0.280.